The van der Waals surface area contributed by atoms with Crippen molar-refractivity contribution in [1.29, 1.82) is 0 Å². The van der Waals surface area contributed by atoms with E-state index < -0.39 is 0 Å². The highest BCUT2D eigenvalue weighted by atomic mass is 35.5. The first-order chi connectivity index (χ1) is 9.04. The van der Waals surface area contributed by atoms with Crippen LogP contribution in [-0.4, -0.2) is 39.9 Å². The Morgan fingerprint density at radius 2 is 2.05 bits per heavy atom. The van der Waals surface area contributed by atoms with Crippen molar-refractivity contribution in [3.8, 4) is 0 Å². The third kappa shape index (κ3) is 2.67. The maximum absolute atomic E-state index is 6.37. The SMILES string of the molecule is CCC1(CC)CNCCN1Cc1c(C)nn(C)c1Cl. The highest BCUT2D eigenvalue weighted by Gasteiger charge is 2.36. The molecule has 0 unspecified atom stereocenters. The molecule has 0 saturated carbocycles. The number of nitrogens with zero attached hydrogens (tertiary/aromatic N) is 3. The van der Waals surface area contributed by atoms with E-state index in [4.69, 9.17) is 11.6 Å². The van der Waals surface area contributed by atoms with E-state index in [2.05, 4.69) is 29.2 Å². The van der Waals surface area contributed by atoms with Gasteiger partial charge in [-0.05, 0) is 19.8 Å². The van der Waals surface area contributed by atoms with Gasteiger partial charge in [-0.15, -0.1) is 0 Å². The molecule has 0 radical (unpaired) electrons. The van der Waals surface area contributed by atoms with Crippen LogP contribution in [0.25, 0.3) is 0 Å². The van der Waals surface area contributed by atoms with Gasteiger partial charge in [0.25, 0.3) is 0 Å². The zero-order valence-electron chi connectivity index (χ0n) is 12.5. The van der Waals surface area contributed by atoms with Gasteiger partial charge in [0, 0.05) is 44.3 Å². The standard InChI is InChI=1S/C14H25ClN4/c1-5-14(6-2)10-16-7-8-19(14)9-12-11(3)17-18(4)13(12)15/h16H,5-10H2,1-4H3. The highest BCUT2D eigenvalue weighted by molar-refractivity contribution is 6.30. The maximum atomic E-state index is 6.37. The Balaban J connectivity index is 2.24. The van der Waals surface area contributed by atoms with Crippen molar-refractivity contribution in [2.24, 2.45) is 7.05 Å². The third-order valence-corrected chi connectivity index (χ3v) is 5.09. The lowest BCUT2D eigenvalue weighted by Gasteiger charge is -2.47. The average molecular weight is 285 g/mol. The summed E-state index contributed by atoms with van der Waals surface area (Å²) in [5, 5.41) is 8.73. The molecule has 4 nitrogen and oxygen atoms in total. The molecule has 2 rings (SSSR count). The molecule has 0 spiro atoms. The first kappa shape index (κ1) is 14.8. The Morgan fingerprint density at radius 3 is 2.58 bits per heavy atom. The zero-order valence-corrected chi connectivity index (χ0v) is 13.2. The van der Waals surface area contributed by atoms with Gasteiger partial charge in [-0.25, -0.2) is 0 Å². The summed E-state index contributed by atoms with van der Waals surface area (Å²) in [6.07, 6.45) is 2.32. The quantitative estimate of drug-likeness (QED) is 0.921. The summed E-state index contributed by atoms with van der Waals surface area (Å²) in [4.78, 5) is 2.58. The van der Waals surface area contributed by atoms with Crippen LogP contribution in [0.1, 0.15) is 37.9 Å². The van der Waals surface area contributed by atoms with Gasteiger partial charge in [0.2, 0.25) is 0 Å². The van der Waals surface area contributed by atoms with Crippen LogP contribution in [0.5, 0.6) is 0 Å². The summed E-state index contributed by atoms with van der Waals surface area (Å²) in [5.74, 6) is 0. The smallest absolute Gasteiger partial charge is 0.131 e. The molecule has 0 atom stereocenters. The van der Waals surface area contributed by atoms with Gasteiger partial charge < -0.3 is 5.32 Å². The van der Waals surface area contributed by atoms with Crippen molar-refractivity contribution >= 4 is 11.6 Å². The molecule has 2 heterocycles. The molecule has 1 N–H and O–H groups in total. The fourth-order valence-corrected chi connectivity index (χ4v) is 3.36. The molecular formula is C14H25ClN4. The number of aryl methyl sites for hydroxylation is 2. The lowest BCUT2D eigenvalue weighted by Crippen LogP contribution is -2.60. The van der Waals surface area contributed by atoms with Crippen LogP contribution in [-0.2, 0) is 13.6 Å². The van der Waals surface area contributed by atoms with Gasteiger partial charge in [0.15, 0.2) is 0 Å². The van der Waals surface area contributed by atoms with Gasteiger partial charge in [-0.2, -0.15) is 5.10 Å². The number of nitrogens with one attached hydrogen (secondary N) is 1. The molecule has 1 fully saturated rings. The number of halogens is 1. The van der Waals surface area contributed by atoms with E-state index in [0.29, 0.717) is 0 Å². The second-order valence-electron chi connectivity index (χ2n) is 5.51. The molecule has 1 saturated heterocycles. The van der Waals surface area contributed by atoms with Crippen LogP contribution < -0.4 is 5.32 Å². The average Bonchev–Trinajstić information content (AvgIpc) is 2.66. The summed E-state index contributed by atoms with van der Waals surface area (Å²) >= 11 is 6.37. The van der Waals surface area contributed by atoms with Gasteiger partial charge in [0.05, 0.1) is 5.69 Å². The van der Waals surface area contributed by atoms with Gasteiger partial charge in [-0.3, -0.25) is 9.58 Å². The Labute approximate surface area is 121 Å². The van der Waals surface area contributed by atoms with E-state index in [-0.39, 0.29) is 5.54 Å². The lowest BCUT2D eigenvalue weighted by atomic mass is 9.88. The molecule has 0 bridgehead atoms. The number of piperazine rings is 1. The zero-order chi connectivity index (χ0) is 14.0. The number of hydrogen-bond donors (Lipinski definition) is 1. The summed E-state index contributed by atoms with van der Waals surface area (Å²) in [6.45, 7) is 10.7. The monoisotopic (exact) mass is 284 g/mol. The van der Waals surface area contributed by atoms with Crippen molar-refractivity contribution in [2.45, 2.75) is 45.7 Å². The van der Waals surface area contributed by atoms with Crippen LogP contribution in [0.4, 0.5) is 0 Å². The summed E-state index contributed by atoms with van der Waals surface area (Å²) in [5.41, 5.74) is 2.48. The van der Waals surface area contributed by atoms with Crippen molar-refractivity contribution in [3.63, 3.8) is 0 Å². The Hall–Kier alpha value is -0.580. The topological polar surface area (TPSA) is 33.1 Å². The van der Waals surface area contributed by atoms with Crippen LogP contribution in [0.3, 0.4) is 0 Å². The molecule has 19 heavy (non-hydrogen) atoms. The van der Waals surface area contributed by atoms with E-state index >= 15 is 0 Å². The number of hydrogen-bond acceptors (Lipinski definition) is 3. The fraction of sp³-hybridized carbons (Fsp3) is 0.786. The van der Waals surface area contributed by atoms with E-state index in [9.17, 15) is 0 Å². The summed E-state index contributed by atoms with van der Waals surface area (Å²) < 4.78 is 1.77. The molecule has 1 aromatic rings. The molecule has 1 aliphatic heterocycles. The van der Waals surface area contributed by atoms with Crippen molar-refractivity contribution in [2.75, 3.05) is 19.6 Å². The van der Waals surface area contributed by atoms with Crippen molar-refractivity contribution < 1.29 is 0 Å². The Bertz CT molecular complexity index is 437. The second-order valence-corrected chi connectivity index (χ2v) is 5.87. The van der Waals surface area contributed by atoms with E-state index in [1.54, 1.807) is 4.68 Å². The highest BCUT2D eigenvalue weighted by Crippen LogP contribution is 2.30. The van der Waals surface area contributed by atoms with E-state index in [1.807, 2.05) is 14.0 Å². The minimum atomic E-state index is 0.254. The van der Waals surface area contributed by atoms with Gasteiger partial charge in [0.1, 0.15) is 5.15 Å². The molecule has 0 aromatic carbocycles. The Kier molecular flexibility index (Phi) is 4.54. The van der Waals surface area contributed by atoms with Crippen LogP contribution in [0.15, 0.2) is 0 Å². The lowest BCUT2D eigenvalue weighted by molar-refractivity contribution is 0.0446. The van der Waals surface area contributed by atoms with Crippen molar-refractivity contribution in [3.05, 3.63) is 16.4 Å². The maximum Gasteiger partial charge on any atom is 0.131 e. The van der Waals surface area contributed by atoms with Crippen LogP contribution >= 0.6 is 11.6 Å². The molecule has 0 aliphatic carbocycles. The van der Waals surface area contributed by atoms with E-state index in [0.717, 1.165) is 49.9 Å². The van der Waals surface area contributed by atoms with Crippen LogP contribution in [0, 0.1) is 6.92 Å². The molecular weight excluding hydrogens is 260 g/mol. The van der Waals surface area contributed by atoms with Gasteiger partial charge in [-0.1, -0.05) is 25.4 Å². The first-order valence-corrected chi connectivity index (χ1v) is 7.55. The minimum absolute atomic E-state index is 0.254. The van der Waals surface area contributed by atoms with Crippen LogP contribution in [0.2, 0.25) is 5.15 Å². The largest absolute Gasteiger partial charge is 0.314 e. The summed E-state index contributed by atoms with van der Waals surface area (Å²) in [7, 11) is 1.91. The normalized spacial score (nSPS) is 19.8. The van der Waals surface area contributed by atoms with Gasteiger partial charge >= 0.3 is 0 Å². The molecule has 108 valence electrons. The van der Waals surface area contributed by atoms with Crippen molar-refractivity contribution in [1.82, 2.24) is 20.0 Å². The predicted molar refractivity (Wildman–Crippen MR) is 79.5 cm³/mol. The second kappa shape index (κ2) is 5.81. The minimum Gasteiger partial charge on any atom is -0.314 e. The number of aromatic nitrogens is 2. The molecule has 5 heteroatoms. The Morgan fingerprint density at radius 1 is 1.37 bits per heavy atom. The third-order valence-electron chi connectivity index (χ3n) is 4.62. The summed E-state index contributed by atoms with van der Waals surface area (Å²) in [6, 6.07) is 0. The molecule has 1 aromatic heterocycles. The fourth-order valence-electron chi connectivity index (χ4n) is 3.12. The predicted octanol–water partition coefficient (Wildman–Crippen LogP) is 2.35. The van der Waals surface area contributed by atoms with E-state index in [1.165, 1.54) is 5.56 Å². The molecule has 0 amide bonds. The first-order valence-electron chi connectivity index (χ1n) is 7.18. The molecule has 1 aliphatic rings. The number of rotatable bonds is 4.